The van der Waals surface area contributed by atoms with Crippen molar-refractivity contribution in [2.75, 3.05) is 18.5 Å². The summed E-state index contributed by atoms with van der Waals surface area (Å²) in [4.78, 5) is 14.0. The van der Waals surface area contributed by atoms with E-state index >= 15 is 0 Å². The molecule has 0 bridgehead atoms. The van der Waals surface area contributed by atoms with Crippen molar-refractivity contribution in [1.29, 1.82) is 0 Å². The Morgan fingerprint density at radius 3 is 2.14 bits per heavy atom. The van der Waals surface area contributed by atoms with Crippen molar-refractivity contribution in [3.05, 3.63) is 59.4 Å². The summed E-state index contributed by atoms with van der Waals surface area (Å²) in [7, 11) is 1.69. The highest BCUT2D eigenvalue weighted by atomic mass is 19.1. The summed E-state index contributed by atoms with van der Waals surface area (Å²) >= 11 is 0. The molecule has 0 spiro atoms. The first-order valence-electron chi connectivity index (χ1n) is 6.57. The van der Waals surface area contributed by atoms with Gasteiger partial charge < -0.3 is 16.4 Å². The Labute approximate surface area is 123 Å². The molecule has 1 amide bonds. The Hall–Kier alpha value is -2.56. The zero-order chi connectivity index (χ0) is 15.6. The van der Waals surface area contributed by atoms with E-state index in [9.17, 15) is 9.18 Å². The predicted octanol–water partition coefficient (Wildman–Crippen LogP) is 2.82. The molecule has 0 saturated carbocycles. The van der Waals surface area contributed by atoms with Crippen molar-refractivity contribution in [2.45, 2.75) is 13.0 Å². The summed E-state index contributed by atoms with van der Waals surface area (Å²) in [5.74, 6) is -0.491. The standard InChI is InChI=1S/C16H18FN3O/c1-10(11-3-5-13(17)6-4-11)20(2)16(21)12-7-14(18)9-15(19)8-12/h3-10H,18-19H2,1-2H3. The Balaban J connectivity index is 2.23. The molecule has 0 aromatic heterocycles. The van der Waals surface area contributed by atoms with Crippen LogP contribution in [0.1, 0.15) is 28.9 Å². The number of hydrogen-bond acceptors (Lipinski definition) is 3. The molecule has 1 atom stereocenters. The second-order valence-corrected chi connectivity index (χ2v) is 5.03. The highest BCUT2D eigenvalue weighted by Gasteiger charge is 2.19. The summed E-state index contributed by atoms with van der Waals surface area (Å²) in [6.07, 6.45) is 0. The minimum atomic E-state index is -0.302. The van der Waals surface area contributed by atoms with Crippen LogP contribution >= 0.6 is 0 Å². The van der Waals surface area contributed by atoms with E-state index in [0.29, 0.717) is 16.9 Å². The first kappa shape index (κ1) is 14.8. The molecule has 2 rings (SSSR count). The van der Waals surface area contributed by atoms with Crippen LogP contribution in [0.2, 0.25) is 0 Å². The smallest absolute Gasteiger partial charge is 0.254 e. The number of nitrogen functional groups attached to an aromatic ring is 2. The maximum absolute atomic E-state index is 13.0. The molecule has 2 aromatic rings. The fraction of sp³-hybridized carbons (Fsp3) is 0.188. The molecule has 5 heteroatoms. The van der Waals surface area contributed by atoms with Gasteiger partial charge in [0, 0.05) is 24.0 Å². The summed E-state index contributed by atoms with van der Waals surface area (Å²) in [5, 5.41) is 0. The van der Waals surface area contributed by atoms with Gasteiger partial charge in [-0.1, -0.05) is 12.1 Å². The van der Waals surface area contributed by atoms with Crippen LogP contribution in [0.15, 0.2) is 42.5 Å². The van der Waals surface area contributed by atoms with Gasteiger partial charge >= 0.3 is 0 Å². The third-order valence-electron chi connectivity index (χ3n) is 3.48. The summed E-state index contributed by atoms with van der Waals surface area (Å²) < 4.78 is 13.0. The van der Waals surface area contributed by atoms with Crippen molar-refractivity contribution >= 4 is 17.3 Å². The van der Waals surface area contributed by atoms with E-state index in [1.54, 1.807) is 42.3 Å². The number of rotatable bonds is 3. The summed E-state index contributed by atoms with van der Waals surface area (Å²) in [6.45, 7) is 1.88. The van der Waals surface area contributed by atoms with Gasteiger partial charge in [-0.25, -0.2) is 4.39 Å². The Kier molecular flexibility index (Phi) is 4.12. The highest BCUT2D eigenvalue weighted by molar-refractivity contribution is 5.96. The predicted molar refractivity (Wildman–Crippen MR) is 82.2 cm³/mol. The zero-order valence-corrected chi connectivity index (χ0v) is 12.0. The van der Waals surface area contributed by atoms with Gasteiger partial charge in [-0.3, -0.25) is 4.79 Å². The monoisotopic (exact) mass is 287 g/mol. The highest BCUT2D eigenvalue weighted by Crippen LogP contribution is 2.22. The molecule has 2 aromatic carbocycles. The molecule has 4 nitrogen and oxygen atoms in total. The lowest BCUT2D eigenvalue weighted by Crippen LogP contribution is -2.29. The number of benzene rings is 2. The van der Waals surface area contributed by atoms with E-state index in [1.807, 2.05) is 6.92 Å². The number of halogens is 1. The number of carbonyl (C=O) groups is 1. The minimum absolute atomic E-state index is 0.189. The van der Waals surface area contributed by atoms with Gasteiger partial charge in [-0.2, -0.15) is 0 Å². The molecule has 21 heavy (non-hydrogen) atoms. The van der Waals surface area contributed by atoms with Gasteiger partial charge in [-0.05, 0) is 42.8 Å². The van der Waals surface area contributed by atoms with Crippen LogP contribution < -0.4 is 11.5 Å². The van der Waals surface area contributed by atoms with E-state index in [2.05, 4.69) is 0 Å². The third kappa shape index (κ3) is 3.31. The number of carbonyl (C=O) groups excluding carboxylic acids is 1. The van der Waals surface area contributed by atoms with E-state index in [4.69, 9.17) is 11.5 Å². The number of nitrogens with two attached hydrogens (primary N) is 2. The fourth-order valence-corrected chi connectivity index (χ4v) is 2.14. The molecule has 4 N–H and O–H groups in total. The van der Waals surface area contributed by atoms with Gasteiger partial charge in [0.15, 0.2) is 0 Å². The van der Waals surface area contributed by atoms with Crippen molar-refractivity contribution in [3.8, 4) is 0 Å². The number of nitrogens with zero attached hydrogens (tertiary/aromatic N) is 1. The molecule has 0 radical (unpaired) electrons. The van der Waals surface area contributed by atoms with E-state index < -0.39 is 0 Å². The maximum Gasteiger partial charge on any atom is 0.254 e. The van der Waals surface area contributed by atoms with Crippen molar-refractivity contribution in [2.24, 2.45) is 0 Å². The van der Waals surface area contributed by atoms with Crippen LogP contribution in [-0.2, 0) is 0 Å². The topological polar surface area (TPSA) is 72.3 Å². The summed E-state index contributed by atoms with van der Waals surface area (Å²) in [5.41, 5.74) is 13.6. The lowest BCUT2D eigenvalue weighted by atomic mass is 10.1. The van der Waals surface area contributed by atoms with Crippen LogP contribution in [0, 0.1) is 5.82 Å². The fourth-order valence-electron chi connectivity index (χ4n) is 2.14. The van der Waals surface area contributed by atoms with Gasteiger partial charge in [-0.15, -0.1) is 0 Å². The van der Waals surface area contributed by atoms with Gasteiger partial charge in [0.2, 0.25) is 0 Å². The number of hydrogen-bond donors (Lipinski definition) is 2. The quantitative estimate of drug-likeness (QED) is 0.853. The first-order valence-corrected chi connectivity index (χ1v) is 6.57. The van der Waals surface area contributed by atoms with Crippen LogP contribution in [-0.4, -0.2) is 17.9 Å². The molecule has 0 aliphatic carbocycles. The van der Waals surface area contributed by atoms with E-state index in [1.165, 1.54) is 12.1 Å². The molecule has 0 fully saturated rings. The molecule has 110 valence electrons. The summed E-state index contributed by atoms with van der Waals surface area (Å²) in [6, 6.07) is 10.7. The average molecular weight is 287 g/mol. The Bertz CT molecular complexity index is 635. The normalized spacial score (nSPS) is 12.0. The largest absolute Gasteiger partial charge is 0.399 e. The van der Waals surface area contributed by atoms with Gasteiger partial charge in [0.25, 0.3) is 5.91 Å². The maximum atomic E-state index is 13.0. The van der Waals surface area contributed by atoms with Crippen LogP contribution in [0.3, 0.4) is 0 Å². The molecule has 0 heterocycles. The average Bonchev–Trinajstić information content (AvgIpc) is 2.44. The SMILES string of the molecule is CC(c1ccc(F)cc1)N(C)C(=O)c1cc(N)cc(N)c1. The molecule has 0 saturated heterocycles. The second-order valence-electron chi connectivity index (χ2n) is 5.03. The van der Waals surface area contributed by atoms with Gasteiger partial charge in [0.05, 0.1) is 6.04 Å². The van der Waals surface area contributed by atoms with Crippen molar-refractivity contribution in [1.82, 2.24) is 4.90 Å². The second kappa shape index (κ2) is 5.83. The Morgan fingerprint density at radius 2 is 1.62 bits per heavy atom. The third-order valence-corrected chi connectivity index (χ3v) is 3.48. The lowest BCUT2D eigenvalue weighted by Gasteiger charge is -2.25. The number of amides is 1. The molecule has 1 unspecified atom stereocenters. The van der Waals surface area contributed by atoms with Gasteiger partial charge in [0.1, 0.15) is 5.82 Å². The zero-order valence-electron chi connectivity index (χ0n) is 12.0. The molecule has 0 aliphatic rings. The first-order chi connectivity index (χ1) is 9.88. The molecule has 0 aliphatic heterocycles. The molecular weight excluding hydrogens is 269 g/mol. The van der Waals surface area contributed by atoms with E-state index in [-0.39, 0.29) is 17.8 Å². The van der Waals surface area contributed by atoms with Crippen molar-refractivity contribution in [3.63, 3.8) is 0 Å². The number of anilines is 2. The van der Waals surface area contributed by atoms with E-state index in [0.717, 1.165) is 5.56 Å². The van der Waals surface area contributed by atoms with Crippen LogP contribution in [0.5, 0.6) is 0 Å². The van der Waals surface area contributed by atoms with Crippen molar-refractivity contribution < 1.29 is 9.18 Å². The van der Waals surface area contributed by atoms with Crippen LogP contribution in [0.4, 0.5) is 15.8 Å². The van der Waals surface area contributed by atoms with Crippen LogP contribution in [0.25, 0.3) is 0 Å². The minimum Gasteiger partial charge on any atom is -0.399 e. The Morgan fingerprint density at radius 1 is 1.10 bits per heavy atom. The lowest BCUT2D eigenvalue weighted by molar-refractivity contribution is 0.0742. The molecular formula is C16H18FN3O.